The van der Waals surface area contributed by atoms with Crippen molar-refractivity contribution in [1.29, 1.82) is 0 Å². The highest BCUT2D eigenvalue weighted by Crippen LogP contribution is 2.18. The SMILES string of the molecule is O=C(O)[C@@H]1CCCN1C(=O)CN1CCCC1=O. The summed E-state index contributed by atoms with van der Waals surface area (Å²) in [4.78, 5) is 37.1. The van der Waals surface area contributed by atoms with Crippen LogP contribution in [0.1, 0.15) is 25.7 Å². The summed E-state index contributed by atoms with van der Waals surface area (Å²) < 4.78 is 0. The Kier molecular flexibility index (Phi) is 3.31. The molecule has 1 atom stereocenters. The zero-order valence-corrected chi connectivity index (χ0v) is 9.59. The van der Waals surface area contributed by atoms with Crippen molar-refractivity contribution in [2.45, 2.75) is 31.7 Å². The zero-order valence-electron chi connectivity index (χ0n) is 9.59. The minimum atomic E-state index is -0.955. The van der Waals surface area contributed by atoms with Crippen LogP contribution in [0.4, 0.5) is 0 Å². The van der Waals surface area contributed by atoms with Crippen molar-refractivity contribution < 1.29 is 19.5 Å². The van der Waals surface area contributed by atoms with Gasteiger partial charge in [0.15, 0.2) is 0 Å². The molecule has 2 fully saturated rings. The molecule has 2 aliphatic heterocycles. The number of rotatable bonds is 3. The highest BCUT2D eigenvalue weighted by Gasteiger charge is 2.35. The van der Waals surface area contributed by atoms with Crippen LogP contribution in [0.5, 0.6) is 0 Å². The summed E-state index contributed by atoms with van der Waals surface area (Å²) in [5, 5.41) is 8.97. The molecule has 2 heterocycles. The molecular weight excluding hydrogens is 224 g/mol. The summed E-state index contributed by atoms with van der Waals surface area (Å²) in [5.74, 6) is -1.21. The van der Waals surface area contributed by atoms with Crippen LogP contribution in [0.2, 0.25) is 0 Å². The second-order valence-corrected chi connectivity index (χ2v) is 4.50. The predicted molar refractivity (Wildman–Crippen MR) is 58.2 cm³/mol. The molecule has 2 aliphatic rings. The third kappa shape index (κ3) is 2.40. The van der Waals surface area contributed by atoms with Crippen LogP contribution in [0.3, 0.4) is 0 Å². The van der Waals surface area contributed by atoms with Gasteiger partial charge in [-0.1, -0.05) is 0 Å². The molecule has 17 heavy (non-hydrogen) atoms. The van der Waals surface area contributed by atoms with Gasteiger partial charge in [-0.3, -0.25) is 9.59 Å². The number of nitrogens with zero attached hydrogens (tertiary/aromatic N) is 2. The molecule has 1 N–H and O–H groups in total. The monoisotopic (exact) mass is 240 g/mol. The van der Waals surface area contributed by atoms with E-state index in [0.29, 0.717) is 25.9 Å². The van der Waals surface area contributed by atoms with Gasteiger partial charge >= 0.3 is 5.97 Å². The van der Waals surface area contributed by atoms with Crippen molar-refractivity contribution in [3.63, 3.8) is 0 Å². The smallest absolute Gasteiger partial charge is 0.326 e. The van der Waals surface area contributed by atoms with E-state index in [0.717, 1.165) is 12.8 Å². The average molecular weight is 240 g/mol. The van der Waals surface area contributed by atoms with E-state index in [1.807, 2.05) is 0 Å². The first-order valence-electron chi connectivity index (χ1n) is 5.89. The lowest BCUT2D eigenvalue weighted by atomic mass is 10.2. The fourth-order valence-electron chi connectivity index (χ4n) is 2.45. The summed E-state index contributed by atoms with van der Waals surface area (Å²) in [7, 11) is 0. The molecule has 0 radical (unpaired) electrons. The Morgan fingerprint density at radius 3 is 2.65 bits per heavy atom. The number of carbonyl (C=O) groups excluding carboxylic acids is 2. The number of carboxylic acid groups (broad SMARTS) is 1. The van der Waals surface area contributed by atoms with Crippen molar-refractivity contribution in [3.8, 4) is 0 Å². The summed E-state index contributed by atoms with van der Waals surface area (Å²) >= 11 is 0. The van der Waals surface area contributed by atoms with Crippen molar-refractivity contribution in [2.75, 3.05) is 19.6 Å². The molecule has 2 saturated heterocycles. The van der Waals surface area contributed by atoms with Crippen LogP contribution in [0, 0.1) is 0 Å². The lowest BCUT2D eigenvalue weighted by Gasteiger charge is -2.24. The highest BCUT2D eigenvalue weighted by atomic mass is 16.4. The van der Waals surface area contributed by atoms with Crippen molar-refractivity contribution in [3.05, 3.63) is 0 Å². The molecule has 2 amide bonds. The highest BCUT2D eigenvalue weighted by molar-refractivity contribution is 5.89. The van der Waals surface area contributed by atoms with Gasteiger partial charge in [0.25, 0.3) is 0 Å². The molecule has 94 valence electrons. The number of carbonyl (C=O) groups is 3. The van der Waals surface area contributed by atoms with Gasteiger partial charge in [-0.2, -0.15) is 0 Å². The Bertz CT molecular complexity index is 355. The second-order valence-electron chi connectivity index (χ2n) is 4.50. The predicted octanol–water partition coefficient (Wildman–Crippen LogP) is -0.316. The Morgan fingerprint density at radius 2 is 2.06 bits per heavy atom. The van der Waals surface area contributed by atoms with Gasteiger partial charge in [0.05, 0.1) is 6.54 Å². The number of amides is 2. The fraction of sp³-hybridized carbons (Fsp3) is 0.727. The molecule has 0 unspecified atom stereocenters. The van der Waals surface area contributed by atoms with E-state index in [1.54, 1.807) is 0 Å². The molecular formula is C11H16N2O4. The van der Waals surface area contributed by atoms with Crippen molar-refractivity contribution in [1.82, 2.24) is 9.80 Å². The zero-order chi connectivity index (χ0) is 12.4. The standard InChI is InChI=1S/C11H16N2O4/c14-9-4-2-5-12(9)7-10(15)13-6-1-3-8(13)11(16)17/h8H,1-7H2,(H,16,17)/t8-/m0/s1. The Morgan fingerprint density at radius 1 is 1.29 bits per heavy atom. The summed E-state index contributed by atoms with van der Waals surface area (Å²) in [6.07, 6.45) is 2.51. The van der Waals surface area contributed by atoms with E-state index in [4.69, 9.17) is 5.11 Å². The molecule has 6 nitrogen and oxygen atoms in total. The molecule has 0 aromatic carbocycles. The molecule has 0 aliphatic carbocycles. The van der Waals surface area contributed by atoms with E-state index in [-0.39, 0.29) is 18.4 Å². The number of hydrogen-bond donors (Lipinski definition) is 1. The number of carboxylic acids is 1. The minimum Gasteiger partial charge on any atom is -0.480 e. The van der Waals surface area contributed by atoms with Crippen LogP contribution >= 0.6 is 0 Å². The maximum absolute atomic E-state index is 11.9. The molecule has 0 bridgehead atoms. The van der Waals surface area contributed by atoms with Gasteiger partial charge in [-0.15, -0.1) is 0 Å². The normalized spacial score (nSPS) is 24.5. The van der Waals surface area contributed by atoms with Crippen LogP contribution in [0.15, 0.2) is 0 Å². The van der Waals surface area contributed by atoms with Crippen LogP contribution in [-0.2, 0) is 14.4 Å². The summed E-state index contributed by atoms with van der Waals surface area (Å²) in [5.41, 5.74) is 0. The summed E-state index contributed by atoms with van der Waals surface area (Å²) in [6.45, 7) is 1.12. The number of aliphatic carboxylic acids is 1. The maximum atomic E-state index is 11.9. The number of likely N-dealkylation sites (tertiary alicyclic amines) is 2. The van der Waals surface area contributed by atoms with Gasteiger partial charge in [-0.25, -0.2) is 4.79 Å². The topological polar surface area (TPSA) is 77.9 Å². The molecule has 0 aromatic rings. The minimum absolute atomic E-state index is 0.00979. The van der Waals surface area contributed by atoms with Crippen LogP contribution in [0.25, 0.3) is 0 Å². The van der Waals surface area contributed by atoms with E-state index >= 15 is 0 Å². The largest absolute Gasteiger partial charge is 0.480 e. The van der Waals surface area contributed by atoms with Crippen molar-refractivity contribution in [2.24, 2.45) is 0 Å². The lowest BCUT2D eigenvalue weighted by Crippen LogP contribution is -2.45. The van der Waals surface area contributed by atoms with E-state index in [9.17, 15) is 14.4 Å². The van der Waals surface area contributed by atoms with Gasteiger partial charge < -0.3 is 14.9 Å². The van der Waals surface area contributed by atoms with Gasteiger partial charge in [0, 0.05) is 19.5 Å². The van der Waals surface area contributed by atoms with Crippen LogP contribution in [-0.4, -0.2) is 58.4 Å². The van der Waals surface area contributed by atoms with Crippen LogP contribution < -0.4 is 0 Å². The average Bonchev–Trinajstić information content (AvgIpc) is 2.87. The third-order valence-electron chi connectivity index (χ3n) is 3.36. The molecule has 0 spiro atoms. The van der Waals surface area contributed by atoms with E-state index < -0.39 is 12.0 Å². The molecule has 0 saturated carbocycles. The Balaban J connectivity index is 1.95. The fourth-order valence-corrected chi connectivity index (χ4v) is 2.45. The molecule has 6 heteroatoms. The summed E-state index contributed by atoms with van der Waals surface area (Å²) in [6, 6.07) is -0.708. The van der Waals surface area contributed by atoms with E-state index in [1.165, 1.54) is 9.80 Å². The Labute approximate surface area is 99.2 Å². The third-order valence-corrected chi connectivity index (χ3v) is 3.36. The van der Waals surface area contributed by atoms with Gasteiger partial charge in [-0.05, 0) is 19.3 Å². The quantitative estimate of drug-likeness (QED) is 0.733. The molecule has 2 rings (SSSR count). The first-order chi connectivity index (χ1) is 8.09. The lowest BCUT2D eigenvalue weighted by molar-refractivity contribution is -0.149. The number of hydrogen-bond acceptors (Lipinski definition) is 3. The second kappa shape index (κ2) is 4.73. The van der Waals surface area contributed by atoms with E-state index in [2.05, 4.69) is 0 Å². The molecule has 0 aromatic heterocycles. The van der Waals surface area contributed by atoms with Crippen molar-refractivity contribution >= 4 is 17.8 Å². The maximum Gasteiger partial charge on any atom is 0.326 e. The first-order valence-corrected chi connectivity index (χ1v) is 5.89. The van der Waals surface area contributed by atoms with Gasteiger partial charge in [0.1, 0.15) is 6.04 Å². The van der Waals surface area contributed by atoms with Gasteiger partial charge in [0.2, 0.25) is 11.8 Å². The first kappa shape index (κ1) is 11.9. The Hall–Kier alpha value is -1.59.